The van der Waals surface area contributed by atoms with Crippen molar-refractivity contribution in [1.82, 2.24) is 0 Å². The predicted octanol–water partition coefficient (Wildman–Crippen LogP) is 4.93. The van der Waals surface area contributed by atoms with E-state index >= 15 is 0 Å². The van der Waals surface area contributed by atoms with Gasteiger partial charge in [0.1, 0.15) is 24.4 Å². The molecule has 0 aromatic heterocycles. The molecule has 3 saturated carbocycles. The summed E-state index contributed by atoms with van der Waals surface area (Å²) in [5.41, 5.74) is 3.45. The van der Waals surface area contributed by atoms with Crippen molar-refractivity contribution in [1.29, 1.82) is 0 Å². The summed E-state index contributed by atoms with van der Waals surface area (Å²) >= 11 is 2.92. The summed E-state index contributed by atoms with van der Waals surface area (Å²) in [5, 5.41) is 22.1. The molecule has 2 spiro atoms. The summed E-state index contributed by atoms with van der Waals surface area (Å²) in [6.07, 6.45) is 5.90. The Morgan fingerprint density at radius 2 is 1.46 bits per heavy atom. The van der Waals surface area contributed by atoms with Crippen LogP contribution in [0, 0.1) is 28.6 Å². The van der Waals surface area contributed by atoms with E-state index in [0.717, 1.165) is 60.1 Å². The lowest BCUT2D eigenvalue weighted by atomic mass is 9.65. The van der Waals surface area contributed by atoms with Crippen LogP contribution >= 0.6 is 23.5 Å². The van der Waals surface area contributed by atoms with E-state index in [1.165, 1.54) is 34.7 Å². The summed E-state index contributed by atoms with van der Waals surface area (Å²) < 4.78 is 10.6. The number of carbonyl (C=O) groups excluding carboxylic acids is 4. The minimum atomic E-state index is -1.38. The Labute approximate surface area is 279 Å². The molecule has 5 atom stereocenters. The van der Waals surface area contributed by atoms with E-state index in [-0.39, 0.29) is 54.1 Å². The number of allylic oxidation sites excluding steroid dienone is 4. The maximum absolute atomic E-state index is 13.2. The Morgan fingerprint density at radius 1 is 0.891 bits per heavy atom. The number of ketones is 2. The summed E-state index contributed by atoms with van der Waals surface area (Å²) in [5.74, 6) is 0.851. The van der Waals surface area contributed by atoms with Crippen molar-refractivity contribution >= 4 is 47.0 Å². The first kappa shape index (κ1) is 33.7. The van der Waals surface area contributed by atoms with Crippen LogP contribution in [-0.4, -0.2) is 81.1 Å². The first-order chi connectivity index (χ1) is 21.6. The van der Waals surface area contributed by atoms with Gasteiger partial charge in [-0.1, -0.05) is 23.6 Å². The molecule has 0 saturated heterocycles. The minimum Gasteiger partial charge on any atom is -0.461 e. The number of hydrogen-bond acceptors (Lipinski definition) is 10. The molecule has 10 heteroatoms. The molecule has 6 rings (SSSR count). The van der Waals surface area contributed by atoms with E-state index in [1.807, 2.05) is 19.9 Å². The fourth-order valence-electron chi connectivity index (χ4n) is 8.97. The molecule has 0 aromatic carbocycles. The zero-order valence-electron chi connectivity index (χ0n) is 27.7. The molecule has 0 radical (unpaired) electrons. The van der Waals surface area contributed by atoms with Gasteiger partial charge in [0.15, 0.2) is 11.6 Å². The van der Waals surface area contributed by atoms with Gasteiger partial charge in [0.2, 0.25) is 0 Å². The molecule has 0 aliphatic heterocycles. The molecule has 6 aliphatic rings. The lowest BCUT2D eigenvalue weighted by Crippen LogP contribution is -2.52. The number of rotatable bonds is 11. The highest BCUT2D eigenvalue weighted by molar-refractivity contribution is 8.00. The molecule has 46 heavy (non-hydrogen) atoms. The fourth-order valence-corrected chi connectivity index (χ4v) is 11.0. The molecule has 0 aromatic rings. The monoisotopic (exact) mass is 670 g/mol. The molecule has 2 N–H and O–H groups in total. The van der Waals surface area contributed by atoms with Crippen LogP contribution in [-0.2, 0) is 28.7 Å². The van der Waals surface area contributed by atoms with Crippen LogP contribution in [0.15, 0.2) is 45.1 Å². The van der Waals surface area contributed by atoms with Gasteiger partial charge in [-0.2, -0.15) is 0 Å². The zero-order valence-corrected chi connectivity index (χ0v) is 29.4. The number of hydrogen-bond donors (Lipinski definition) is 2. The van der Waals surface area contributed by atoms with Crippen molar-refractivity contribution in [3.63, 3.8) is 0 Å². The quantitative estimate of drug-likeness (QED) is 0.178. The molecule has 250 valence electrons. The van der Waals surface area contributed by atoms with Crippen molar-refractivity contribution in [2.75, 3.05) is 36.2 Å². The molecular weight excluding hydrogens is 625 g/mol. The molecule has 8 nitrogen and oxygen atoms in total. The fraction of sp³-hybridized carbons (Fsp3) is 0.667. The minimum absolute atomic E-state index is 0.0121. The lowest BCUT2D eigenvalue weighted by molar-refractivity contribution is -0.148. The summed E-state index contributed by atoms with van der Waals surface area (Å²) in [6, 6.07) is 0. The Kier molecular flexibility index (Phi) is 8.64. The summed E-state index contributed by atoms with van der Waals surface area (Å²) in [7, 11) is 0. The number of thioether (sulfide) groups is 2. The number of esters is 2. The number of Topliss-reactive ketones (excluding diaryl/α,β-unsaturated/α-hetero) is 2. The Morgan fingerprint density at radius 3 is 2.04 bits per heavy atom. The summed E-state index contributed by atoms with van der Waals surface area (Å²) in [4.78, 5) is 51.1. The standard InChI is InChI=1S/C36H46O8S2/c1-19-13-23-29(21(3)35(7-8-35)33(5,41)31(23)39)25(19)15-45-17-27(37)43-11-12-44-28(38)18-46-16-26-20(2)14-24-30(26)22(4)36(9-10-36)34(6,42)32(24)40/h13,20,24,26,41-42H,7-12,14-18H2,1-6H3/t20?,24?,26?,33-,34-/m0/s1. The van der Waals surface area contributed by atoms with Crippen LogP contribution in [0.4, 0.5) is 0 Å². The van der Waals surface area contributed by atoms with E-state index < -0.39 is 28.0 Å². The highest BCUT2D eigenvalue weighted by atomic mass is 32.2. The number of aliphatic hydroxyl groups is 2. The van der Waals surface area contributed by atoms with Crippen LogP contribution in [0.1, 0.15) is 73.6 Å². The molecule has 0 bridgehead atoms. The van der Waals surface area contributed by atoms with Crippen molar-refractivity contribution in [2.24, 2.45) is 28.6 Å². The molecule has 3 fully saturated rings. The second-order valence-electron chi connectivity index (χ2n) is 14.6. The largest absolute Gasteiger partial charge is 0.461 e. The SMILES string of the molecule is CC1=C(CSCC(=O)OCCOC(=O)CSCC2C3=C(C)C4(CC4)[C@@](C)(O)C(=O)C3CC2C)C2=C(C)C3(CC3)[C@@](C)(O)C(=O)C2=C1. The van der Waals surface area contributed by atoms with Crippen LogP contribution in [0.2, 0.25) is 0 Å². The molecule has 0 amide bonds. The van der Waals surface area contributed by atoms with Crippen molar-refractivity contribution < 1.29 is 38.9 Å². The van der Waals surface area contributed by atoms with Crippen LogP contribution in [0.25, 0.3) is 0 Å². The van der Waals surface area contributed by atoms with Gasteiger partial charge >= 0.3 is 11.9 Å². The topological polar surface area (TPSA) is 127 Å². The van der Waals surface area contributed by atoms with E-state index in [4.69, 9.17) is 9.47 Å². The van der Waals surface area contributed by atoms with E-state index in [2.05, 4.69) is 13.8 Å². The predicted molar refractivity (Wildman–Crippen MR) is 178 cm³/mol. The molecule has 0 heterocycles. The average Bonchev–Trinajstić information content (AvgIpc) is 3.92. The third-order valence-corrected chi connectivity index (χ3v) is 14.1. The van der Waals surface area contributed by atoms with Crippen LogP contribution < -0.4 is 0 Å². The molecule has 3 unspecified atom stereocenters. The zero-order chi connectivity index (χ0) is 33.4. The summed E-state index contributed by atoms with van der Waals surface area (Å²) in [6.45, 7) is 11.5. The Bertz CT molecular complexity index is 1520. The van der Waals surface area contributed by atoms with Gasteiger partial charge in [-0.3, -0.25) is 19.2 Å². The normalized spacial score (nSPS) is 33.5. The smallest absolute Gasteiger partial charge is 0.316 e. The number of carbonyl (C=O) groups is 4. The number of fused-ring (bicyclic) bond motifs is 2. The maximum atomic E-state index is 13.2. The van der Waals surface area contributed by atoms with Gasteiger partial charge in [-0.15, -0.1) is 23.5 Å². The van der Waals surface area contributed by atoms with Crippen LogP contribution in [0.3, 0.4) is 0 Å². The molecular formula is C36H46O8S2. The van der Waals surface area contributed by atoms with Gasteiger partial charge in [0.25, 0.3) is 0 Å². The van der Waals surface area contributed by atoms with Gasteiger partial charge in [-0.05, 0) is 101 Å². The number of ether oxygens (including phenoxy) is 2. The average molecular weight is 671 g/mol. The van der Waals surface area contributed by atoms with Gasteiger partial charge in [0, 0.05) is 33.8 Å². The Balaban J connectivity index is 0.908. The molecule has 6 aliphatic carbocycles. The first-order valence-corrected chi connectivity index (χ1v) is 18.8. The third kappa shape index (κ3) is 5.12. The first-order valence-electron chi connectivity index (χ1n) is 16.5. The second-order valence-corrected chi connectivity index (χ2v) is 16.6. The second kappa shape index (κ2) is 11.8. The Hall–Kier alpha value is -2.14. The van der Waals surface area contributed by atoms with Crippen LogP contribution in [0.5, 0.6) is 0 Å². The van der Waals surface area contributed by atoms with Gasteiger partial charge < -0.3 is 19.7 Å². The van der Waals surface area contributed by atoms with Gasteiger partial charge in [-0.25, -0.2) is 0 Å². The highest BCUT2D eigenvalue weighted by Gasteiger charge is 2.67. The van der Waals surface area contributed by atoms with Crippen molar-refractivity contribution in [2.45, 2.75) is 84.8 Å². The highest BCUT2D eigenvalue weighted by Crippen LogP contribution is 2.67. The van der Waals surface area contributed by atoms with Crippen molar-refractivity contribution in [3.05, 3.63) is 45.1 Å². The lowest BCUT2D eigenvalue weighted by Gasteiger charge is -2.41. The maximum Gasteiger partial charge on any atom is 0.316 e. The van der Waals surface area contributed by atoms with Gasteiger partial charge in [0.05, 0.1) is 11.5 Å². The van der Waals surface area contributed by atoms with E-state index in [9.17, 15) is 29.4 Å². The third-order valence-electron chi connectivity index (χ3n) is 12.2. The van der Waals surface area contributed by atoms with E-state index in [1.54, 1.807) is 13.8 Å². The van der Waals surface area contributed by atoms with Crippen molar-refractivity contribution in [3.8, 4) is 0 Å². The van der Waals surface area contributed by atoms with E-state index in [0.29, 0.717) is 17.2 Å².